The van der Waals surface area contributed by atoms with Gasteiger partial charge in [-0.3, -0.25) is 9.59 Å². The van der Waals surface area contributed by atoms with Crippen molar-refractivity contribution in [3.8, 4) is 0 Å². The van der Waals surface area contributed by atoms with Crippen LogP contribution < -0.4 is 5.32 Å². The highest BCUT2D eigenvalue weighted by Crippen LogP contribution is 2.26. The summed E-state index contributed by atoms with van der Waals surface area (Å²) in [5.74, 6) is 0.563. The maximum absolute atomic E-state index is 12.2. The van der Waals surface area contributed by atoms with Gasteiger partial charge in [-0.15, -0.1) is 0 Å². The molecule has 2 rings (SSSR count). The molecule has 0 saturated heterocycles. The van der Waals surface area contributed by atoms with E-state index in [1.54, 1.807) is 4.90 Å². The highest BCUT2D eigenvalue weighted by molar-refractivity contribution is 5.84. The summed E-state index contributed by atoms with van der Waals surface area (Å²) in [6.07, 6.45) is 13.3. The van der Waals surface area contributed by atoms with E-state index in [-0.39, 0.29) is 18.4 Å². The van der Waals surface area contributed by atoms with E-state index in [1.165, 1.54) is 51.4 Å². The molecule has 5 nitrogen and oxygen atoms in total. The number of amides is 2. The summed E-state index contributed by atoms with van der Waals surface area (Å²) in [4.78, 5) is 28.4. The van der Waals surface area contributed by atoms with E-state index in [9.17, 15) is 9.59 Å². The topological polar surface area (TPSA) is 52.6 Å². The largest absolute Gasteiger partial charge is 0.347 e. The minimum atomic E-state index is 0.00837. The van der Waals surface area contributed by atoms with Crippen molar-refractivity contribution in [2.24, 2.45) is 5.92 Å². The molecule has 25 heavy (non-hydrogen) atoms. The van der Waals surface area contributed by atoms with Gasteiger partial charge < -0.3 is 15.1 Å². The van der Waals surface area contributed by atoms with Crippen LogP contribution in [0, 0.1) is 5.92 Å². The molecule has 0 aromatic heterocycles. The maximum Gasteiger partial charge on any atom is 0.241 e. The van der Waals surface area contributed by atoms with Crippen LogP contribution in [0.5, 0.6) is 0 Å². The maximum atomic E-state index is 12.2. The van der Waals surface area contributed by atoms with Gasteiger partial charge in [-0.2, -0.15) is 0 Å². The van der Waals surface area contributed by atoms with Crippen molar-refractivity contribution in [1.29, 1.82) is 0 Å². The fraction of sp³-hybridized carbons (Fsp3) is 0.900. The fourth-order valence-corrected chi connectivity index (χ4v) is 4.17. The molecule has 0 aromatic rings. The van der Waals surface area contributed by atoms with Crippen molar-refractivity contribution < 1.29 is 9.59 Å². The number of nitrogens with zero attached hydrogens (tertiary/aromatic N) is 2. The summed E-state index contributed by atoms with van der Waals surface area (Å²) in [6.45, 7) is 1.77. The average molecular weight is 352 g/mol. The van der Waals surface area contributed by atoms with Gasteiger partial charge in [0.15, 0.2) is 0 Å². The molecule has 0 aromatic carbocycles. The molecule has 0 bridgehead atoms. The summed E-state index contributed by atoms with van der Waals surface area (Å²) in [7, 11) is 4.00. The standard InChI is InChI=1S/C20H37N3O2/c1-22(18-11-7-4-8-12-18)13-14-23(2)20(25)16-21-19(24)15-17-9-5-3-6-10-17/h17-18H,3-16H2,1-2H3,(H,21,24). The van der Waals surface area contributed by atoms with E-state index in [0.29, 0.717) is 18.4 Å². The van der Waals surface area contributed by atoms with Crippen LogP contribution in [0.25, 0.3) is 0 Å². The fourth-order valence-electron chi connectivity index (χ4n) is 4.17. The molecule has 0 atom stereocenters. The Morgan fingerprint density at radius 2 is 1.48 bits per heavy atom. The second-order valence-electron chi connectivity index (χ2n) is 8.07. The third kappa shape index (κ3) is 7.35. The molecule has 144 valence electrons. The zero-order valence-electron chi connectivity index (χ0n) is 16.3. The van der Waals surface area contributed by atoms with E-state index >= 15 is 0 Å². The number of nitrogens with one attached hydrogen (secondary N) is 1. The van der Waals surface area contributed by atoms with Gasteiger partial charge in [0.1, 0.15) is 0 Å². The molecular weight excluding hydrogens is 314 g/mol. The zero-order chi connectivity index (χ0) is 18.1. The molecule has 0 aliphatic heterocycles. The van der Waals surface area contributed by atoms with E-state index in [4.69, 9.17) is 0 Å². The average Bonchev–Trinajstić information content (AvgIpc) is 2.65. The van der Waals surface area contributed by atoms with E-state index in [2.05, 4.69) is 17.3 Å². The van der Waals surface area contributed by atoms with Crippen LogP contribution in [0.1, 0.15) is 70.6 Å². The Labute approximate surface area is 153 Å². The molecular formula is C20H37N3O2. The lowest BCUT2D eigenvalue weighted by Gasteiger charge is -2.32. The second-order valence-corrected chi connectivity index (χ2v) is 8.07. The number of hydrogen-bond acceptors (Lipinski definition) is 3. The number of rotatable bonds is 8. The predicted molar refractivity (Wildman–Crippen MR) is 101 cm³/mol. The first kappa shape index (κ1) is 20.2. The predicted octanol–water partition coefficient (Wildman–Crippen LogP) is 2.80. The molecule has 0 unspecified atom stereocenters. The molecule has 2 amide bonds. The normalized spacial score (nSPS) is 19.8. The van der Waals surface area contributed by atoms with Crippen LogP contribution in [0.4, 0.5) is 0 Å². The number of carbonyl (C=O) groups is 2. The monoisotopic (exact) mass is 351 g/mol. The van der Waals surface area contributed by atoms with Crippen molar-refractivity contribution in [2.45, 2.75) is 76.7 Å². The molecule has 2 aliphatic carbocycles. The van der Waals surface area contributed by atoms with Gasteiger partial charge in [-0.25, -0.2) is 0 Å². The molecule has 2 saturated carbocycles. The first-order valence-corrected chi connectivity index (χ1v) is 10.3. The Bertz CT molecular complexity index is 415. The van der Waals surface area contributed by atoms with Crippen molar-refractivity contribution >= 4 is 11.8 Å². The number of carbonyl (C=O) groups excluding carboxylic acids is 2. The second kappa shape index (κ2) is 10.8. The summed E-state index contributed by atoms with van der Waals surface area (Å²) >= 11 is 0. The molecule has 0 spiro atoms. The van der Waals surface area contributed by atoms with Crippen LogP contribution in [-0.4, -0.2) is 61.4 Å². The first-order valence-electron chi connectivity index (χ1n) is 10.3. The summed E-state index contributed by atoms with van der Waals surface area (Å²) in [5.41, 5.74) is 0. The van der Waals surface area contributed by atoms with Crippen LogP contribution in [0.15, 0.2) is 0 Å². The Morgan fingerprint density at radius 1 is 0.880 bits per heavy atom. The summed E-state index contributed by atoms with van der Waals surface area (Å²) in [6, 6.07) is 0.674. The van der Waals surface area contributed by atoms with E-state index < -0.39 is 0 Å². The van der Waals surface area contributed by atoms with Crippen LogP contribution in [0.2, 0.25) is 0 Å². The summed E-state index contributed by atoms with van der Waals surface area (Å²) in [5, 5.41) is 2.82. The van der Waals surface area contributed by atoms with Gasteiger partial charge in [-0.1, -0.05) is 38.5 Å². The SMILES string of the molecule is CN(CCN(C)C1CCCCC1)C(=O)CNC(=O)CC1CCCCC1. The van der Waals surface area contributed by atoms with E-state index in [1.807, 2.05) is 7.05 Å². The van der Waals surface area contributed by atoms with Gasteiger partial charge in [-0.05, 0) is 38.6 Å². The van der Waals surface area contributed by atoms with Crippen LogP contribution >= 0.6 is 0 Å². The molecule has 0 heterocycles. The van der Waals surface area contributed by atoms with Gasteiger partial charge in [0.2, 0.25) is 11.8 Å². The molecule has 2 fully saturated rings. The molecule has 0 radical (unpaired) electrons. The quantitative estimate of drug-likeness (QED) is 0.731. The smallest absolute Gasteiger partial charge is 0.241 e. The Hall–Kier alpha value is -1.10. The van der Waals surface area contributed by atoms with Crippen LogP contribution in [0.3, 0.4) is 0 Å². The van der Waals surface area contributed by atoms with E-state index in [0.717, 1.165) is 25.9 Å². The first-order chi connectivity index (χ1) is 12.1. The van der Waals surface area contributed by atoms with Crippen molar-refractivity contribution in [1.82, 2.24) is 15.1 Å². The Kier molecular flexibility index (Phi) is 8.73. The lowest BCUT2D eigenvalue weighted by molar-refractivity contribution is -0.132. The third-order valence-corrected chi connectivity index (χ3v) is 6.05. The zero-order valence-corrected chi connectivity index (χ0v) is 16.3. The van der Waals surface area contributed by atoms with Gasteiger partial charge in [0, 0.05) is 32.6 Å². The third-order valence-electron chi connectivity index (χ3n) is 6.05. The molecule has 5 heteroatoms. The van der Waals surface area contributed by atoms with Crippen molar-refractivity contribution in [3.05, 3.63) is 0 Å². The van der Waals surface area contributed by atoms with Gasteiger partial charge in [0.05, 0.1) is 6.54 Å². The minimum Gasteiger partial charge on any atom is -0.347 e. The number of hydrogen-bond donors (Lipinski definition) is 1. The van der Waals surface area contributed by atoms with Crippen LogP contribution in [-0.2, 0) is 9.59 Å². The molecule has 2 aliphatic rings. The van der Waals surface area contributed by atoms with Gasteiger partial charge in [0.25, 0.3) is 0 Å². The Balaban J connectivity index is 1.59. The van der Waals surface area contributed by atoms with Crippen molar-refractivity contribution in [2.75, 3.05) is 33.7 Å². The molecule has 1 N–H and O–H groups in total. The summed E-state index contributed by atoms with van der Waals surface area (Å²) < 4.78 is 0. The lowest BCUT2D eigenvalue weighted by atomic mass is 9.87. The lowest BCUT2D eigenvalue weighted by Crippen LogP contribution is -2.43. The van der Waals surface area contributed by atoms with Gasteiger partial charge >= 0.3 is 0 Å². The highest BCUT2D eigenvalue weighted by Gasteiger charge is 2.20. The highest BCUT2D eigenvalue weighted by atomic mass is 16.2. The minimum absolute atomic E-state index is 0.00837. The number of likely N-dealkylation sites (N-methyl/N-ethyl adjacent to an activating group) is 2. The van der Waals surface area contributed by atoms with Crippen molar-refractivity contribution in [3.63, 3.8) is 0 Å². The Morgan fingerprint density at radius 3 is 2.12 bits per heavy atom.